The van der Waals surface area contributed by atoms with Crippen LogP contribution in [0.5, 0.6) is 0 Å². The van der Waals surface area contributed by atoms with Crippen molar-refractivity contribution in [3.8, 4) is 5.69 Å². The van der Waals surface area contributed by atoms with Crippen molar-refractivity contribution in [1.82, 2.24) is 15.1 Å². The lowest BCUT2D eigenvalue weighted by Gasteiger charge is -2.14. The van der Waals surface area contributed by atoms with Gasteiger partial charge in [-0.1, -0.05) is 48.5 Å². The van der Waals surface area contributed by atoms with Crippen molar-refractivity contribution in [3.63, 3.8) is 0 Å². The molecule has 1 heterocycles. The highest BCUT2D eigenvalue weighted by Crippen LogP contribution is 2.15. The van der Waals surface area contributed by atoms with E-state index in [0.717, 1.165) is 11.3 Å². The van der Waals surface area contributed by atoms with E-state index in [1.54, 1.807) is 11.6 Å². The van der Waals surface area contributed by atoms with E-state index in [-0.39, 0.29) is 18.6 Å². The van der Waals surface area contributed by atoms with E-state index in [0.29, 0.717) is 11.3 Å². The van der Waals surface area contributed by atoms with Gasteiger partial charge in [-0.15, -0.1) is 0 Å². The molecule has 0 unspecified atom stereocenters. The van der Waals surface area contributed by atoms with Gasteiger partial charge in [0.25, 0.3) is 5.91 Å². The van der Waals surface area contributed by atoms with Gasteiger partial charge in [0.1, 0.15) is 5.56 Å². The predicted octanol–water partition coefficient (Wildman–Crippen LogP) is 3.21. The summed E-state index contributed by atoms with van der Waals surface area (Å²) >= 11 is 0. The van der Waals surface area contributed by atoms with E-state index in [1.807, 2.05) is 67.6 Å². The number of aromatic nitrogens is 2. The highest BCUT2D eigenvalue weighted by atomic mass is 16.5. The Morgan fingerprint density at radius 1 is 1.07 bits per heavy atom. The van der Waals surface area contributed by atoms with E-state index < -0.39 is 5.97 Å². The molecule has 0 spiro atoms. The third kappa shape index (κ3) is 4.41. The Labute approximate surface area is 157 Å². The van der Waals surface area contributed by atoms with Crippen molar-refractivity contribution in [1.29, 1.82) is 0 Å². The number of rotatable bonds is 6. The molecule has 1 N–H and O–H groups in total. The number of esters is 1. The van der Waals surface area contributed by atoms with E-state index in [9.17, 15) is 9.59 Å². The molecule has 3 aromatic rings. The Bertz CT molecular complexity index is 920. The van der Waals surface area contributed by atoms with Crippen LogP contribution in [-0.2, 0) is 9.53 Å². The van der Waals surface area contributed by atoms with Crippen LogP contribution in [0.3, 0.4) is 0 Å². The van der Waals surface area contributed by atoms with Gasteiger partial charge >= 0.3 is 5.97 Å². The van der Waals surface area contributed by atoms with Crippen molar-refractivity contribution in [2.24, 2.45) is 0 Å². The molecule has 0 bridgehead atoms. The predicted molar refractivity (Wildman–Crippen MR) is 102 cm³/mol. The van der Waals surface area contributed by atoms with Crippen LogP contribution in [-0.4, -0.2) is 28.3 Å². The molecule has 27 heavy (non-hydrogen) atoms. The average molecular weight is 363 g/mol. The zero-order valence-electron chi connectivity index (χ0n) is 15.3. The first-order valence-corrected chi connectivity index (χ1v) is 8.67. The fraction of sp³-hybridized carbons (Fsp3) is 0.190. The van der Waals surface area contributed by atoms with Crippen molar-refractivity contribution < 1.29 is 14.3 Å². The molecule has 0 aliphatic carbocycles. The summed E-state index contributed by atoms with van der Waals surface area (Å²) in [6, 6.07) is 18.9. The molecule has 0 aliphatic rings. The topological polar surface area (TPSA) is 73.2 Å². The summed E-state index contributed by atoms with van der Waals surface area (Å²) in [6.45, 7) is 3.32. The van der Waals surface area contributed by atoms with Gasteiger partial charge in [-0.05, 0) is 31.5 Å². The maximum absolute atomic E-state index is 12.3. The number of carbonyl (C=O) groups excluding carboxylic acids is 2. The third-order valence-electron chi connectivity index (χ3n) is 4.24. The van der Waals surface area contributed by atoms with Gasteiger partial charge in [-0.25, -0.2) is 9.48 Å². The largest absolute Gasteiger partial charge is 0.452 e. The molecule has 0 radical (unpaired) electrons. The first-order valence-electron chi connectivity index (χ1n) is 8.67. The van der Waals surface area contributed by atoms with E-state index >= 15 is 0 Å². The molecule has 138 valence electrons. The number of carbonyl (C=O) groups is 2. The minimum absolute atomic E-state index is 0.167. The third-order valence-corrected chi connectivity index (χ3v) is 4.24. The van der Waals surface area contributed by atoms with Gasteiger partial charge in [-0.2, -0.15) is 5.10 Å². The van der Waals surface area contributed by atoms with Crippen molar-refractivity contribution in [2.75, 3.05) is 6.61 Å². The van der Waals surface area contributed by atoms with Gasteiger partial charge in [0.2, 0.25) is 0 Å². The maximum atomic E-state index is 12.3. The van der Waals surface area contributed by atoms with Crippen LogP contribution in [0.2, 0.25) is 0 Å². The summed E-state index contributed by atoms with van der Waals surface area (Å²) in [4.78, 5) is 24.4. The molecule has 6 nitrogen and oxygen atoms in total. The minimum Gasteiger partial charge on any atom is -0.452 e. The Balaban J connectivity index is 1.58. The normalized spacial score (nSPS) is 11.6. The van der Waals surface area contributed by atoms with Crippen LogP contribution >= 0.6 is 0 Å². The monoisotopic (exact) mass is 363 g/mol. The average Bonchev–Trinajstić information content (AvgIpc) is 3.09. The van der Waals surface area contributed by atoms with E-state index in [1.165, 1.54) is 6.20 Å². The number of hydrogen-bond donors (Lipinski definition) is 1. The SMILES string of the molecule is Cc1c(C(=O)OCC(=O)N[C@H](C)c2ccccc2)cnn1-c1ccccc1. The maximum Gasteiger partial charge on any atom is 0.342 e. The molecule has 0 saturated heterocycles. The standard InChI is InChI=1S/C21H21N3O3/c1-15(17-9-5-3-6-10-17)23-20(25)14-27-21(26)19-13-22-24(16(19)2)18-11-7-4-8-12-18/h3-13,15H,14H2,1-2H3,(H,23,25)/t15-/m1/s1. The second-order valence-electron chi connectivity index (χ2n) is 6.17. The molecule has 1 atom stereocenters. The first-order chi connectivity index (χ1) is 13.1. The summed E-state index contributed by atoms with van der Waals surface area (Å²) in [5, 5.41) is 7.05. The second-order valence-corrected chi connectivity index (χ2v) is 6.17. The summed E-state index contributed by atoms with van der Waals surface area (Å²) < 4.78 is 6.81. The van der Waals surface area contributed by atoms with Crippen LogP contribution in [0.4, 0.5) is 0 Å². The van der Waals surface area contributed by atoms with Gasteiger partial charge in [-0.3, -0.25) is 4.79 Å². The van der Waals surface area contributed by atoms with Crippen LogP contribution < -0.4 is 5.32 Å². The lowest BCUT2D eigenvalue weighted by molar-refractivity contribution is -0.124. The molecule has 0 aliphatic heterocycles. The Kier molecular flexibility index (Phi) is 5.66. The molecule has 0 fully saturated rings. The van der Waals surface area contributed by atoms with E-state index in [4.69, 9.17) is 4.74 Å². The fourth-order valence-electron chi connectivity index (χ4n) is 2.76. The lowest BCUT2D eigenvalue weighted by Crippen LogP contribution is -2.31. The summed E-state index contributed by atoms with van der Waals surface area (Å²) in [5.41, 5.74) is 2.83. The molecular formula is C21H21N3O3. The molecule has 1 amide bonds. The summed E-state index contributed by atoms with van der Waals surface area (Å²) in [7, 11) is 0. The van der Waals surface area contributed by atoms with Crippen molar-refractivity contribution in [2.45, 2.75) is 19.9 Å². The molecule has 1 aromatic heterocycles. The number of para-hydroxylation sites is 1. The van der Waals surface area contributed by atoms with Gasteiger partial charge < -0.3 is 10.1 Å². The molecule has 3 rings (SSSR count). The Morgan fingerprint density at radius 2 is 1.70 bits per heavy atom. The van der Waals surface area contributed by atoms with Gasteiger partial charge in [0, 0.05) is 0 Å². The van der Waals surface area contributed by atoms with Crippen LogP contribution in [0.25, 0.3) is 5.69 Å². The van der Waals surface area contributed by atoms with Crippen molar-refractivity contribution in [3.05, 3.63) is 83.7 Å². The summed E-state index contributed by atoms with van der Waals surface area (Å²) in [6.07, 6.45) is 1.45. The number of ether oxygens (including phenoxy) is 1. The molecular weight excluding hydrogens is 342 g/mol. The van der Waals surface area contributed by atoms with Gasteiger partial charge in [0.15, 0.2) is 6.61 Å². The zero-order chi connectivity index (χ0) is 19.2. The highest BCUT2D eigenvalue weighted by Gasteiger charge is 2.18. The first kappa shape index (κ1) is 18.4. The number of nitrogens with zero attached hydrogens (tertiary/aromatic N) is 2. The number of amides is 1. The van der Waals surface area contributed by atoms with Crippen molar-refractivity contribution >= 4 is 11.9 Å². The van der Waals surface area contributed by atoms with Crippen LogP contribution in [0.15, 0.2) is 66.9 Å². The van der Waals surface area contributed by atoms with Crippen LogP contribution in [0, 0.1) is 6.92 Å². The second kappa shape index (κ2) is 8.31. The molecule has 2 aromatic carbocycles. The lowest BCUT2D eigenvalue weighted by atomic mass is 10.1. The Hall–Kier alpha value is -3.41. The fourth-order valence-corrected chi connectivity index (χ4v) is 2.76. The van der Waals surface area contributed by atoms with Crippen LogP contribution in [0.1, 0.15) is 34.6 Å². The number of hydrogen-bond acceptors (Lipinski definition) is 4. The Morgan fingerprint density at radius 3 is 2.37 bits per heavy atom. The van der Waals surface area contributed by atoms with Gasteiger partial charge in [0.05, 0.1) is 23.6 Å². The molecule has 6 heteroatoms. The zero-order valence-corrected chi connectivity index (χ0v) is 15.3. The molecule has 0 saturated carbocycles. The summed E-state index contributed by atoms with van der Waals surface area (Å²) in [5.74, 6) is -0.926. The smallest absolute Gasteiger partial charge is 0.342 e. The minimum atomic E-state index is -0.572. The van der Waals surface area contributed by atoms with E-state index in [2.05, 4.69) is 10.4 Å². The number of nitrogens with one attached hydrogen (secondary N) is 1. The number of benzene rings is 2. The quantitative estimate of drug-likeness (QED) is 0.683. The highest BCUT2D eigenvalue weighted by molar-refractivity contribution is 5.92.